The summed E-state index contributed by atoms with van der Waals surface area (Å²) in [6.07, 6.45) is 3.52. The molecular formula is C17H26N2O2. The van der Waals surface area contributed by atoms with Gasteiger partial charge in [0.1, 0.15) is 5.75 Å². The Kier molecular flexibility index (Phi) is 5.62. The number of benzene rings is 1. The lowest BCUT2D eigenvalue weighted by Gasteiger charge is -2.34. The van der Waals surface area contributed by atoms with Crippen LogP contribution in [-0.2, 0) is 11.3 Å². The summed E-state index contributed by atoms with van der Waals surface area (Å²) in [5, 5.41) is 3.11. The van der Waals surface area contributed by atoms with Crippen molar-refractivity contribution in [1.82, 2.24) is 5.32 Å². The minimum absolute atomic E-state index is 0.0425. The maximum atomic E-state index is 12.0. The molecule has 3 atom stereocenters. The Labute approximate surface area is 127 Å². The highest BCUT2D eigenvalue weighted by Gasteiger charge is 2.28. The number of amides is 1. The molecule has 0 radical (unpaired) electrons. The van der Waals surface area contributed by atoms with Crippen LogP contribution >= 0.6 is 0 Å². The lowest BCUT2D eigenvalue weighted by atomic mass is 9.78. The molecule has 4 nitrogen and oxygen atoms in total. The maximum Gasteiger partial charge on any atom is 0.258 e. The van der Waals surface area contributed by atoms with E-state index in [9.17, 15) is 4.79 Å². The molecule has 21 heavy (non-hydrogen) atoms. The summed E-state index contributed by atoms with van der Waals surface area (Å²) in [5.41, 5.74) is 6.59. The molecule has 1 saturated carbocycles. The molecule has 0 bridgehead atoms. The van der Waals surface area contributed by atoms with Gasteiger partial charge in [-0.25, -0.2) is 0 Å². The fourth-order valence-electron chi connectivity index (χ4n) is 2.95. The molecule has 3 N–H and O–H groups in total. The van der Waals surface area contributed by atoms with Crippen molar-refractivity contribution in [3.8, 4) is 5.75 Å². The first-order valence-corrected chi connectivity index (χ1v) is 7.81. The van der Waals surface area contributed by atoms with E-state index in [-0.39, 0.29) is 18.6 Å². The first-order valence-electron chi connectivity index (χ1n) is 7.81. The third kappa shape index (κ3) is 4.46. The first kappa shape index (κ1) is 15.8. The summed E-state index contributed by atoms with van der Waals surface area (Å²) in [6, 6.07) is 7.83. The minimum atomic E-state index is -0.0425. The summed E-state index contributed by atoms with van der Waals surface area (Å²) in [6.45, 7) is 5.02. The number of nitrogens with two attached hydrogens (primary N) is 1. The van der Waals surface area contributed by atoms with Crippen molar-refractivity contribution >= 4 is 5.91 Å². The third-order valence-corrected chi connectivity index (χ3v) is 4.56. The molecule has 1 aromatic rings. The highest BCUT2D eigenvalue weighted by molar-refractivity contribution is 5.77. The van der Waals surface area contributed by atoms with E-state index in [1.165, 1.54) is 12.8 Å². The molecule has 4 heteroatoms. The molecule has 116 valence electrons. The fourth-order valence-corrected chi connectivity index (χ4v) is 2.95. The molecule has 0 aliphatic heterocycles. The molecule has 0 saturated heterocycles. The molecule has 1 aromatic carbocycles. The summed E-state index contributed by atoms with van der Waals surface area (Å²) in [7, 11) is 0. The number of nitrogens with one attached hydrogen (secondary N) is 1. The summed E-state index contributed by atoms with van der Waals surface area (Å²) in [5.74, 6) is 1.85. The van der Waals surface area contributed by atoms with Gasteiger partial charge in [-0.05, 0) is 36.0 Å². The van der Waals surface area contributed by atoms with E-state index in [0.29, 0.717) is 24.1 Å². The smallest absolute Gasteiger partial charge is 0.258 e. The standard InChI is InChI=1S/C17H26N2O2/c1-12-5-3-8-16(13(12)2)19-17(20)11-21-15-7-4-6-14(9-15)10-18/h4,6-7,9,12-13,16H,3,5,8,10-11,18H2,1-2H3,(H,19,20). The summed E-state index contributed by atoms with van der Waals surface area (Å²) < 4.78 is 5.55. The Morgan fingerprint density at radius 2 is 2.19 bits per heavy atom. The Morgan fingerprint density at radius 1 is 1.38 bits per heavy atom. The lowest BCUT2D eigenvalue weighted by molar-refractivity contribution is -0.124. The van der Waals surface area contributed by atoms with Crippen LogP contribution in [0.4, 0.5) is 0 Å². The zero-order valence-corrected chi connectivity index (χ0v) is 13.0. The number of carbonyl (C=O) groups is 1. The van der Waals surface area contributed by atoms with Gasteiger partial charge in [0.25, 0.3) is 5.91 Å². The van der Waals surface area contributed by atoms with Gasteiger partial charge in [0.15, 0.2) is 6.61 Å². The lowest BCUT2D eigenvalue weighted by Crippen LogP contribution is -2.45. The molecule has 3 unspecified atom stereocenters. The van der Waals surface area contributed by atoms with Crippen LogP contribution in [0.2, 0.25) is 0 Å². The SMILES string of the molecule is CC1CCCC(NC(=O)COc2cccc(CN)c2)C1C. The molecule has 1 aliphatic rings. The van der Waals surface area contributed by atoms with Crippen LogP contribution in [0.15, 0.2) is 24.3 Å². The molecule has 1 fully saturated rings. The topological polar surface area (TPSA) is 64.3 Å². The Morgan fingerprint density at radius 3 is 2.95 bits per heavy atom. The summed E-state index contributed by atoms with van der Waals surface area (Å²) in [4.78, 5) is 12.0. The van der Waals surface area contributed by atoms with Crippen LogP contribution in [-0.4, -0.2) is 18.6 Å². The molecule has 0 spiro atoms. The highest BCUT2D eigenvalue weighted by atomic mass is 16.5. The fraction of sp³-hybridized carbons (Fsp3) is 0.588. The molecule has 1 amide bonds. The van der Waals surface area contributed by atoms with Crippen LogP contribution in [0, 0.1) is 11.8 Å². The second-order valence-corrected chi connectivity index (χ2v) is 6.08. The van der Waals surface area contributed by atoms with Gasteiger partial charge in [-0.2, -0.15) is 0 Å². The number of hydrogen-bond acceptors (Lipinski definition) is 3. The van der Waals surface area contributed by atoms with Crippen LogP contribution in [0.3, 0.4) is 0 Å². The van der Waals surface area contributed by atoms with Crippen molar-refractivity contribution in [2.24, 2.45) is 17.6 Å². The minimum Gasteiger partial charge on any atom is -0.484 e. The maximum absolute atomic E-state index is 12.0. The molecule has 0 heterocycles. The number of ether oxygens (including phenoxy) is 1. The van der Waals surface area contributed by atoms with E-state index in [4.69, 9.17) is 10.5 Å². The Bertz CT molecular complexity index is 476. The van der Waals surface area contributed by atoms with Gasteiger partial charge in [-0.1, -0.05) is 38.8 Å². The van der Waals surface area contributed by atoms with Gasteiger partial charge in [0, 0.05) is 12.6 Å². The predicted octanol–water partition coefficient (Wildman–Crippen LogP) is 2.46. The molecule has 2 rings (SSSR count). The van der Waals surface area contributed by atoms with Gasteiger partial charge in [0.05, 0.1) is 0 Å². The van der Waals surface area contributed by atoms with E-state index in [1.54, 1.807) is 0 Å². The van der Waals surface area contributed by atoms with E-state index < -0.39 is 0 Å². The van der Waals surface area contributed by atoms with Crippen molar-refractivity contribution in [3.05, 3.63) is 29.8 Å². The zero-order valence-electron chi connectivity index (χ0n) is 13.0. The number of rotatable bonds is 5. The number of hydrogen-bond donors (Lipinski definition) is 2. The third-order valence-electron chi connectivity index (χ3n) is 4.56. The van der Waals surface area contributed by atoms with Crippen molar-refractivity contribution in [3.63, 3.8) is 0 Å². The van der Waals surface area contributed by atoms with Crippen LogP contribution in [0.5, 0.6) is 5.75 Å². The average molecular weight is 290 g/mol. The van der Waals surface area contributed by atoms with Gasteiger partial charge >= 0.3 is 0 Å². The number of carbonyl (C=O) groups excluding carboxylic acids is 1. The van der Waals surface area contributed by atoms with E-state index in [1.807, 2.05) is 24.3 Å². The van der Waals surface area contributed by atoms with Crippen molar-refractivity contribution < 1.29 is 9.53 Å². The second kappa shape index (κ2) is 7.46. The van der Waals surface area contributed by atoms with E-state index in [0.717, 1.165) is 12.0 Å². The molecule has 1 aliphatic carbocycles. The van der Waals surface area contributed by atoms with Crippen molar-refractivity contribution in [2.75, 3.05) is 6.61 Å². The van der Waals surface area contributed by atoms with Gasteiger partial charge in [-0.15, -0.1) is 0 Å². The quantitative estimate of drug-likeness (QED) is 0.875. The van der Waals surface area contributed by atoms with Crippen molar-refractivity contribution in [2.45, 2.75) is 45.7 Å². The van der Waals surface area contributed by atoms with E-state index in [2.05, 4.69) is 19.2 Å². The monoisotopic (exact) mass is 290 g/mol. The Hall–Kier alpha value is -1.55. The van der Waals surface area contributed by atoms with E-state index >= 15 is 0 Å². The normalized spacial score (nSPS) is 25.4. The second-order valence-electron chi connectivity index (χ2n) is 6.08. The van der Waals surface area contributed by atoms with Gasteiger partial charge in [-0.3, -0.25) is 4.79 Å². The van der Waals surface area contributed by atoms with Gasteiger partial charge in [0.2, 0.25) is 0 Å². The molecular weight excluding hydrogens is 264 g/mol. The summed E-state index contributed by atoms with van der Waals surface area (Å²) >= 11 is 0. The predicted molar refractivity (Wildman–Crippen MR) is 83.9 cm³/mol. The average Bonchev–Trinajstić information content (AvgIpc) is 2.50. The first-order chi connectivity index (χ1) is 10.1. The molecule has 0 aromatic heterocycles. The Balaban J connectivity index is 1.81. The van der Waals surface area contributed by atoms with Crippen molar-refractivity contribution in [1.29, 1.82) is 0 Å². The zero-order chi connectivity index (χ0) is 15.2. The van der Waals surface area contributed by atoms with Crippen LogP contribution < -0.4 is 15.8 Å². The van der Waals surface area contributed by atoms with Crippen LogP contribution in [0.1, 0.15) is 38.7 Å². The van der Waals surface area contributed by atoms with Crippen LogP contribution in [0.25, 0.3) is 0 Å². The largest absolute Gasteiger partial charge is 0.484 e. The van der Waals surface area contributed by atoms with Gasteiger partial charge < -0.3 is 15.8 Å². The highest BCUT2D eigenvalue weighted by Crippen LogP contribution is 2.29.